The summed E-state index contributed by atoms with van der Waals surface area (Å²) < 4.78 is 0. The molecule has 0 fully saturated rings. The Hall–Kier alpha value is -2.84. The molecule has 0 bridgehead atoms. The molecule has 100 valence electrons. The maximum atomic E-state index is 11.8. The van der Waals surface area contributed by atoms with Crippen molar-refractivity contribution in [1.82, 2.24) is 4.98 Å². The summed E-state index contributed by atoms with van der Waals surface area (Å²) in [7, 11) is 0. The minimum absolute atomic E-state index is 0.291. The van der Waals surface area contributed by atoms with Crippen LogP contribution >= 0.6 is 0 Å². The number of pyridine rings is 1. The number of carbonyl (C=O) groups is 1. The molecule has 0 aliphatic carbocycles. The van der Waals surface area contributed by atoms with Crippen LogP contribution in [0.15, 0.2) is 48.7 Å². The Kier molecular flexibility index (Phi) is 4.70. The molecule has 0 aliphatic heterocycles. The van der Waals surface area contributed by atoms with E-state index in [9.17, 15) is 4.79 Å². The number of nitrogens with two attached hydrogens (primary N) is 1. The summed E-state index contributed by atoms with van der Waals surface area (Å²) in [5, 5.41) is 5.35. The van der Waals surface area contributed by atoms with Crippen LogP contribution < -0.4 is 16.4 Å². The Labute approximate surface area is 117 Å². The summed E-state index contributed by atoms with van der Waals surface area (Å²) in [6.07, 6.45) is 1.58. The van der Waals surface area contributed by atoms with E-state index in [-0.39, 0.29) is 6.03 Å². The summed E-state index contributed by atoms with van der Waals surface area (Å²) in [6.45, 7) is 0.291. The van der Waals surface area contributed by atoms with Crippen LogP contribution in [0.25, 0.3) is 0 Å². The number of carbonyl (C=O) groups excluding carboxylic acids is 1. The van der Waals surface area contributed by atoms with Gasteiger partial charge < -0.3 is 11.1 Å². The third-order valence-corrected chi connectivity index (χ3v) is 2.37. The third-order valence-electron chi connectivity index (χ3n) is 2.37. The molecule has 20 heavy (non-hydrogen) atoms. The summed E-state index contributed by atoms with van der Waals surface area (Å²) in [6, 6.07) is 12.3. The summed E-state index contributed by atoms with van der Waals surface area (Å²) in [5.41, 5.74) is 6.77. The van der Waals surface area contributed by atoms with Crippen molar-refractivity contribution in [2.45, 2.75) is 0 Å². The van der Waals surface area contributed by atoms with E-state index in [0.717, 1.165) is 5.56 Å². The van der Waals surface area contributed by atoms with Gasteiger partial charge in [0, 0.05) is 17.4 Å². The average Bonchev–Trinajstić information content (AvgIpc) is 2.46. The van der Waals surface area contributed by atoms with Gasteiger partial charge >= 0.3 is 6.03 Å². The smallest absolute Gasteiger partial charge is 0.320 e. The van der Waals surface area contributed by atoms with Crippen molar-refractivity contribution >= 4 is 17.5 Å². The van der Waals surface area contributed by atoms with Gasteiger partial charge in [-0.1, -0.05) is 30.0 Å². The van der Waals surface area contributed by atoms with E-state index in [1.165, 1.54) is 0 Å². The molecule has 1 heterocycles. The highest BCUT2D eigenvalue weighted by molar-refractivity contribution is 5.99. The first-order valence-electron chi connectivity index (χ1n) is 6.06. The van der Waals surface area contributed by atoms with Crippen LogP contribution in [0.4, 0.5) is 16.3 Å². The van der Waals surface area contributed by atoms with Crippen LogP contribution in [0, 0.1) is 11.8 Å². The van der Waals surface area contributed by atoms with Gasteiger partial charge in [0.2, 0.25) is 0 Å². The summed E-state index contributed by atoms with van der Waals surface area (Å²) in [4.78, 5) is 15.8. The van der Waals surface area contributed by atoms with Crippen molar-refractivity contribution in [2.75, 3.05) is 17.2 Å². The molecule has 0 aliphatic rings. The number of para-hydroxylation sites is 1. The summed E-state index contributed by atoms with van der Waals surface area (Å²) in [5.74, 6) is 6.06. The Balaban J connectivity index is 2.01. The van der Waals surface area contributed by atoms with Gasteiger partial charge in [-0.25, -0.2) is 9.78 Å². The molecule has 0 unspecified atom stereocenters. The van der Waals surface area contributed by atoms with Gasteiger partial charge in [-0.15, -0.1) is 0 Å². The molecule has 0 radical (unpaired) electrons. The molecule has 0 saturated heterocycles. The number of rotatable bonds is 2. The Morgan fingerprint density at radius 3 is 2.75 bits per heavy atom. The van der Waals surface area contributed by atoms with Gasteiger partial charge in [-0.05, 0) is 24.3 Å². The predicted molar refractivity (Wildman–Crippen MR) is 79.3 cm³/mol. The average molecular weight is 266 g/mol. The van der Waals surface area contributed by atoms with Crippen LogP contribution in [0.2, 0.25) is 0 Å². The van der Waals surface area contributed by atoms with Crippen molar-refractivity contribution in [2.24, 2.45) is 5.73 Å². The van der Waals surface area contributed by atoms with E-state index in [1.807, 2.05) is 18.2 Å². The predicted octanol–water partition coefficient (Wildman–Crippen LogP) is 2.04. The molecule has 1 aromatic carbocycles. The van der Waals surface area contributed by atoms with Gasteiger partial charge in [0.05, 0.1) is 6.54 Å². The quantitative estimate of drug-likeness (QED) is 0.728. The van der Waals surface area contributed by atoms with Gasteiger partial charge in [-0.3, -0.25) is 5.32 Å². The number of nitrogens with zero attached hydrogens (tertiary/aromatic N) is 1. The van der Waals surface area contributed by atoms with E-state index in [1.54, 1.807) is 30.5 Å². The maximum Gasteiger partial charge on any atom is 0.324 e. The number of amides is 2. The highest BCUT2D eigenvalue weighted by atomic mass is 16.2. The molecule has 5 heteroatoms. The second-order valence-electron chi connectivity index (χ2n) is 3.88. The Bertz CT molecular complexity index is 644. The van der Waals surface area contributed by atoms with Crippen molar-refractivity contribution in [1.29, 1.82) is 0 Å². The summed E-state index contributed by atoms with van der Waals surface area (Å²) >= 11 is 0. The molecule has 0 saturated carbocycles. The van der Waals surface area contributed by atoms with E-state index in [2.05, 4.69) is 27.5 Å². The second kappa shape index (κ2) is 6.92. The lowest BCUT2D eigenvalue weighted by atomic mass is 10.2. The Morgan fingerprint density at radius 1 is 1.20 bits per heavy atom. The van der Waals surface area contributed by atoms with Gasteiger partial charge in [0.15, 0.2) is 0 Å². The number of hydrogen-bond donors (Lipinski definition) is 3. The monoisotopic (exact) mass is 266 g/mol. The Morgan fingerprint density at radius 2 is 2.00 bits per heavy atom. The standard InChI is InChI=1S/C15H14N4O/c16-9-4-5-12-8-10-17-14(11-12)19-15(20)18-13-6-2-1-3-7-13/h1-3,6-8,10-11H,9,16H2,(H2,17,18,19,20). The van der Waals surface area contributed by atoms with Crippen molar-refractivity contribution in [3.63, 3.8) is 0 Å². The fourth-order valence-electron chi connectivity index (χ4n) is 1.53. The minimum atomic E-state index is -0.354. The highest BCUT2D eigenvalue weighted by Gasteiger charge is 2.03. The number of hydrogen-bond acceptors (Lipinski definition) is 3. The molecule has 0 spiro atoms. The van der Waals surface area contributed by atoms with Crippen molar-refractivity contribution < 1.29 is 4.79 Å². The van der Waals surface area contributed by atoms with Gasteiger partial charge in [0.1, 0.15) is 5.82 Å². The molecule has 1 aromatic heterocycles. The fourth-order valence-corrected chi connectivity index (χ4v) is 1.53. The van der Waals surface area contributed by atoms with Crippen LogP contribution in [0.5, 0.6) is 0 Å². The largest absolute Gasteiger partial charge is 0.324 e. The molecular weight excluding hydrogens is 252 g/mol. The normalized spacial score (nSPS) is 9.25. The lowest BCUT2D eigenvalue weighted by Gasteiger charge is -2.06. The third kappa shape index (κ3) is 4.12. The first-order chi connectivity index (χ1) is 9.78. The van der Waals surface area contributed by atoms with Gasteiger partial charge in [0.25, 0.3) is 0 Å². The second-order valence-corrected chi connectivity index (χ2v) is 3.88. The SMILES string of the molecule is NCC#Cc1ccnc(NC(=O)Nc2ccccc2)c1. The number of aromatic nitrogens is 1. The van der Waals surface area contributed by atoms with E-state index in [4.69, 9.17) is 5.73 Å². The van der Waals surface area contributed by atoms with Crippen LogP contribution in [-0.2, 0) is 0 Å². The molecular formula is C15H14N4O. The molecule has 0 atom stereocenters. The fraction of sp³-hybridized carbons (Fsp3) is 0.0667. The van der Waals surface area contributed by atoms with Gasteiger partial charge in [-0.2, -0.15) is 0 Å². The zero-order valence-corrected chi connectivity index (χ0v) is 10.8. The van der Waals surface area contributed by atoms with Crippen molar-refractivity contribution in [3.8, 4) is 11.8 Å². The van der Waals surface area contributed by atoms with E-state index in [0.29, 0.717) is 18.1 Å². The molecule has 4 N–H and O–H groups in total. The lowest BCUT2D eigenvalue weighted by molar-refractivity contribution is 0.262. The van der Waals surface area contributed by atoms with E-state index >= 15 is 0 Å². The zero-order valence-electron chi connectivity index (χ0n) is 10.8. The first kappa shape index (κ1) is 13.6. The van der Waals surface area contributed by atoms with Crippen LogP contribution in [0.1, 0.15) is 5.56 Å². The molecule has 5 nitrogen and oxygen atoms in total. The molecule has 2 amide bonds. The topological polar surface area (TPSA) is 80.0 Å². The van der Waals surface area contributed by atoms with Crippen molar-refractivity contribution in [3.05, 3.63) is 54.2 Å². The van der Waals surface area contributed by atoms with E-state index < -0.39 is 0 Å². The number of anilines is 2. The highest BCUT2D eigenvalue weighted by Crippen LogP contribution is 2.08. The van der Waals surface area contributed by atoms with Crippen LogP contribution in [-0.4, -0.2) is 17.6 Å². The molecule has 2 aromatic rings. The maximum absolute atomic E-state index is 11.8. The lowest BCUT2D eigenvalue weighted by Crippen LogP contribution is -2.20. The number of benzene rings is 1. The minimum Gasteiger partial charge on any atom is -0.320 e. The number of urea groups is 1. The molecule has 2 rings (SSSR count). The number of nitrogens with one attached hydrogen (secondary N) is 2. The first-order valence-corrected chi connectivity index (χ1v) is 6.06. The van der Waals surface area contributed by atoms with Crippen LogP contribution in [0.3, 0.4) is 0 Å². The zero-order chi connectivity index (χ0) is 14.2.